The van der Waals surface area contributed by atoms with Crippen LogP contribution in [0.1, 0.15) is 52.4 Å². The van der Waals surface area contributed by atoms with E-state index >= 15 is 0 Å². The minimum atomic E-state index is -4.03. The van der Waals surface area contributed by atoms with Crippen molar-refractivity contribution in [1.82, 2.24) is 4.90 Å². The van der Waals surface area contributed by atoms with Gasteiger partial charge in [-0.05, 0) is 46.1 Å². The number of piperidine rings is 1. The molecular formula is C13H25F3N2. The molecule has 18 heavy (non-hydrogen) atoms. The minimum absolute atomic E-state index is 0.0929. The van der Waals surface area contributed by atoms with E-state index in [2.05, 4.69) is 4.90 Å². The third-order valence-electron chi connectivity index (χ3n) is 3.85. The van der Waals surface area contributed by atoms with Gasteiger partial charge < -0.3 is 5.73 Å². The zero-order valence-corrected chi connectivity index (χ0v) is 11.3. The van der Waals surface area contributed by atoms with E-state index in [1.54, 1.807) is 0 Å². The molecule has 3 atom stereocenters. The quantitative estimate of drug-likeness (QED) is 0.827. The zero-order chi connectivity index (χ0) is 13.8. The molecule has 0 bridgehead atoms. The highest BCUT2D eigenvalue weighted by Crippen LogP contribution is 2.26. The maximum absolute atomic E-state index is 12.1. The highest BCUT2D eigenvalue weighted by Gasteiger charge is 2.30. The van der Waals surface area contributed by atoms with Gasteiger partial charge in [0, 0.05) is 24.5 Å². The van der Waals surface area contributed by atoms with Gasteiger partial charge in [-0.25, -0.2) is 0 Å². The summed E-state index contributed by atoms with van der Waals surface area (Å²) in [5, 5.41) is 0. The number of likely N-dealkylation sites (tertiary alicyclic amines) is 1. The molecule has 2 N–H and O–H groups in total. The molecular weight excluding hydrogens is 241 g/mol. The van der Waals surface area contributed by atoms with Crippen molar-refractivity contribution in [3.63, 3.8) is 0 Å². The summed E-state index contributed by atoms with van der Waals surface area (Å²) < 4.78 is 36.4. The Kier molecular flexibility index (Phi) is 5.92. The second kappa shape index (κ2) is 6.75. The molecule has 5 heteroatoms. The predicted molar refractivity (Wildman–Crippen MR) is 67.4 cm³/mol. The summed E-state index contributed by atoms with van der Waals surface area (Å²) in [4.78, 5) is 2.31. The van der Waals surface area contributed by atoms with Crippen LogP contribution in [0.3, 0.4) is 0 Å². The van der Waals surface area contributed by atoms with Crippen LogP contribution in [0.2, 0.25) is 0 Å². The molecule has 0 aromatic rings. The Morgan fingerprint density at radius 1 is 1.28 bits per heavy atom. The molecule has 0 spiro atoms. The Bertz CT molecular complexity index is 241. The van der Waals surface area contributed by atoms with Crippen molar-refractivity contribution in [1.29, 1.82) is 0 Å². The van der Waals surface area contributed by atoms with Crippen LogP contribution in [0.4, 0.5) is 13.2 Å². The van der Waals surface area contributed by atoms with Gasteiger partial charge in [0.05, 0.1) is 0 Å². The van der Waals surface area contributed by atoms with E-state index < -0.39 is 12.6 Å². The third kappa shape index (κ3) is 5.14. The van der Waals surface area contributed by atoms with E-state index in [-0.39, 0.29) is 18.5 Å². The van der Waals surface area contributed by atoms with Crippen LogP contribution in [0.25, 0.3) is 0 Å². The second-order valence-corrected chi connectivity index (χ2v) is 5.52. The molecule has 108 valence electrons. The number of halogens is 3. The topological polar surface area (TPSA) is 29.3 Å². The van der Waals surface area contributed by atoms with Crippen LogP contribution < -0.4 is 5.73 Å². The largest absolute Gasteiger partial charge is 0.389 e. The molecule has 0 aromatic carbocycles. The molecule has 1 aliphatic rings. The molecule has 2 nitrogen and oxygen atoms in total. The van der Waals surface area contributed by atoms with Crippen molar-refractivity contribution in [2.75, 3.05) is 6.54 Å². The van der Waals surface area contributed by atoms with Gasteiger partial charge in [0.1, 0.15) is 0 Å². The van der Waals surface area contributed by atoms with Crippen LogP contribution in [-0.4, -0.2) is 35.7 Å². The first-order valence-corrected chi connectivity index (χ1v) is 6.89. The molecule has 3 unspecified atom stereocenters. The molecule has 1 aliphatic heterocycles. The Labute approximate surface area is 108 Å². The summed E-state index contributed by atoms with van der Waals surface area (Å²) >= 11 is 0. The summed E-state index contributed by atoms with van der Waals surface area (Å²) in [7, 11) is 0. The van der Waals surface area contributed by atoms with Gasteiger partial charge >= 0.3 is 6.18 Å². The van der Waals surface area contributed by atoms with E-state index in [0.717, 1.165) is 19.4 Å². The van der Waals surface area contributed by atoms with Crippen molar-refractivity contribution >= 4 is 0 Å². The van der Waals surface area contributed by atoms with Gasteiger partial charge in [-0.2, -0.15) is 13.2 Å². The number of nitrogens with two attached hydrogens (primary N) is 1. The van der Waals surface area contributed by atoms with Crippen LogP contribution in [0.15, 0.2) is 0 Å². The van der Waals surface area contributed by atoms with E-state index in [1.165, 1.54) is 6.42 Å². The molecule has 0 aliphatic carbocycles. The molecule has 1 heterocycles. The highest BCUT2D eigenvalue weighted by atomic mass is 19.4. The van der Waals surface area contributed by atoms with Gasteiger partial charge in [0.15, 0.2) is 0 Å². The maximum Gasteiger partial charge on any atom is 0.389 e. The van der Waals surface area contributed by atoms with Crippen molar-refractivity contribution in [3.8, 4) is 0 Å². The summed E-state index contributed by atoms with van der Waals surface area (Å²) in [5.41, 5.74) is 5.97. The lowest BCUT2D eigenvalue weighted by atomic mass is 9.94. The first-order valence-electron chi connectivity index (χ1n) is 6.89. The van der Waals surface area contributed by atoms with Gasteiger partial charge in [-0.3, -0.25) is 4.90 Å². The lowest BCUT2D eigenvalue weighted by molar-refractivity contribution is -0.136. The molecule has 1 fully saturated rings. The second-order valence-electron chi connectivity index (χ2n) is 5.52. The normalized spacial score (nSPS) is 26.0. The van der Waals surface area contributed by atoms with E-state index in [4.69, 9.17) is 5.73 Å². The average molecular weight is 266 g/mol. The Hall–Kier alpha value is -0.290. The fraction of sp³-hybridized carbons (Fsp3) is 1.00. The summed E-state index contributed by atoms with van der Waals surface area (Å²) in [6, 6.07) is 0.624. The smallest absolute Gasteiger partial charge is 0.327 e. The Morgan fingerprint density at radius 2 is 1.94 bits per heavy atom. The van der Waals surface area contributed by atoms with Crippen molar-refractivity contribution in [2.45, 2.75) is 76.7 Å². The Morgan fingerprint density at radius 3 is 2.50 bits per heavy atom. The monoisotopic (exact) mass is 266 g/mol. The molecule has 0 saturated carbocycles. The van der Waals surface area contributed by atoms with Gasteiger partial charge in [0.25, 0.3) is 0 Å². The van der Waals surface area contributed by atoms with Crippen LogP contribution in [-0.2, 0) is 0 Å². The fourth-order valence-corrected chi connectivity index (χ4v) is 2.86. The maximum atomic E-state index is 12.1. The molecule has 0 amide bonds. The molecule has 0 radical (unpaired) electrons. The van der Waals surface area contributed by atoms with E-state index in [0.29, 0.717) is 12.5 Å². The van der Waals surface area contributed by atoms with Crippen molar-refractivity contribution < 1.29 is 13.2 Å². The fourth-order valence-electron chi connectivity index (χ4n) is 2.86. The van der Waals surface area contributed by atoms with Gasteiger partial charge in [-0.15, -0.1) is 0 Å². The predicted octanol–water partition coefficient (Wildman–Crippen LogP) is 3.31. The van der Waals surface area contributed by atoms with E-state index in [1.807, 2.05) is 13.8 Å². The number of nitrogens with zero attached hydrogens (tertiary/aromatic N) is 1. The molecule has 0 aromatic heterocycles. The summed E-state index contributed by atoms with van der Waals surface area (Å²) in [5.74, 6) is 0. The lowest BCUT2D eigenvalue weighted by Crippen LogP contribution is -2.52. The zero-order valence-electron chi connectivity index (χ0n) is 11.3. The number of rotatable bonds is 5. The Balaban J connectivity index is 2.41. The third-order valence-corrected chi connectivity index (χ3v) is 3.85. The average Bonchev–Trinajstić information content (AvgIpc) is 2.27. The molecule has 1 saturated heterocycles. The number of hydrogen-bond acceptors (Lipinski definition) is 2. The standard InChI is InChI=1S/C13H25F3N2/c1-10(6-5-8-13(14,15)16)18-9-4-3-7-12(18)11(2)17/h10-12H,3-9,17H2,1-2H3. The van der Waals surface area contributed by atoms with E-state index in [9.17, 15) is 13.2 Å². The van der Waals surface area contributed by atoms with Crippen LogP contribution >= 0.6 is 0 Å². The van der Waals surface area contributed by atoms with Crippen LogP contribution in [0.5, 0.6) is 0 Å². The number of hydrogen-bond donors (Lipinski definition) is 1. The first-order chi connectivity index (χ1) is 8.31. The minimum Gasteiger partial charge on any atom is -0.327 e. The summed E-state index contributed by atoms with van der Waals surface area (Å²) in [6.45, 7) is 4.99. The van der Waals surface area contributed by atoms with Crippen molar-refractivity contribution in [3.05, 3.63) is 0 Å². The van der Waals surface area contributed by atoms with Crippen LogP contribution in [0, 0.1) is 0 Å². The highest BCUT2D eigenvalue weighted by molar-refractivity contribution is 4.86. The van der Waals surface area contributed by atoms with Gasteiger partial charge in [0.2, 0.25) is 0 Å². The number of alkyl halides is 3. The van der Waals surface area contributed by atoms with Crippen molar-refractivity contribution in [2.24, 2.45) is 5.73 Å². The van der Waals surface area contributed by atoms with Gasteiger partial charge in [-0.1, -0.05) is 6.42 Å². The lowest BCUT2D eigenvalue weighted by Gasteiger charge is -2.42. The molecule has 1 rings (SSSR count). The first kappa shape index (κ1) is 15.8. The summed E-state index contributed by atoms with van der Waals surface area (Å²) in [6.07, 6.45) is -0.502. The SMILES string of the molecule is CC(N)C1CCCCN1C(C)CCCC(F)(F)F.